The molecule has 1 N–H and O–H groups in total. The maximum atomic E-state index is 13.6. The van der Waals surface area contributed by atoms with Gasteiger partial charge in [-0.2, -0.15) is 4.31 Å². The number of hydrogen-bond donors (Lipinski definition) is 1. The van der Waals surface area contributed by atoms with Crippen LogP contribution in [0.4, 0.5) is 5.82 Å². The van der Waals surface area contributed by atoms with E-state index in [0.29, 0.717) is 38.5 Å². The van der Waals surface area contributed by atoms with E-state index in [-0.39, 0.29) is 16.3 Å². The first kappa shape index (κ1) is 22.0. The molecule has 2 fully saturated rings. The largest absolute Gasteiger partial charge is 0.379 e. The molecule has 2 saturated heterocycles. The van der Waals surface area contributed by atoms with E-state index < -0.39 is 15.6 Å². The Morgan fingerprint density at radius 2 is 1.93 bits per heavy atom. The Balaban J connectivity index is 1.90. The zero-order chi connectivity index (χ0) is 21.4. The zero-order valence-electron chi connectivity index (χ0n) is 18.0. The average Bonchev–Trinajstić information content (AvgIpc) is 3.09. The SMILES string of the molecule is CC(=O)NC1(C)CCN(c2ncc(C)cc2S(=O)(=O)N(C)C2(C)CCOC2)CC1. The topological polar surface area (TPSA) is 91.8 Å². The Bertz CT molecular complexity index is 872. The predicted octanol–water partition coefficient (Wildman–Crippen LogP) is 1.68. The third-order valence-corrected chi connectivity index (χ3v) is 8.23. The number of hydrogen-bond acceptors (Lipinski definition) is 6. The number of amides is 1. The minimum atomic E-state index is -3.75. The lowest BCUT2D eigenvalue weighted by molar-refractivity contribution is -0.120. The molecule has 2 aliphatic rings. The fourth-order valence-electron chi connectivity index (χ4n) is 4.07. The van der Waals surface area contributed by atoms with Crippen LogP contribution in [0.2, 0.25) is 0 Å². The first-order valence-electron chi connectivity index (χ1n) is 10.0. The van der Waals surface area contributed by atoms with Gasteiger partial charge in [0.15, 0.2) is 0 Å². The highest BCUT2D eigenvalue weighted by Gasteiger charge is 2.43. The lowest BCUT2D eigenvalue weighted by Gasteiger charge is -2.41. The molecular formula is C20H32N4O4S. The molecule has 3 rings (SSSR count). The Hall–Kier alpha value is -1.71. The van der Waals surface area contributed by atoms with Crippen LogP contribution in [0, 0.1) is 6.92 Å². The quantitative estimate of drug-likeness (QED) is 0.773. The molecule has 0 aromatic carbocycles. The number of aryl methyl sites for hydroxylation is 1. The average molecular weight is 425 g/mol. The summed E-state index contributed by atoms with van der Waals surface area (Å²) >= 11 is 0. The molecule has 0 bridgehead atoms. The number of aromatic nitrogens is 1. The van der Waals surface area contributed by atoms with Gasteiger partial charge < -0.3 is 15.0 Å². The lowest BCUT2D eigenvalue weighted by Crippen LogP contribution is -2.53. The first-order chi connectivity index (χ1) is 13.5. The molecule has 29 heavy (non-hydrogen) atoms. The number of ether oxygens (including phenoxy) is 1. The Morgan fingerprint density at radius 1 is 1.28 bits per heavy atom. The molecule has 0 radical (unpaired) electrons. The van der Waals surface area contributed by atoms with E-state index in [1.165, 1.54) is 11.2 Å². The Kier molecular flexibility index (Phi) is 5.95. The molecular weight excluding hydrogens is 392 g/mol. The molecule has 1 amide bonds. The number of anilines is 1. The van der Waals surface area contributed by atoms with Crippen LogP contribution in [0.1, 0.15) is 45.6 Å². The summed E-state index contributed by atoms with van der Waals surface area (Å²) < 4.78 is 34.0. The summed E-state index contributed by atoms with van der Waals surface area (Å²) in [6, 6.07) is 1.70. The Labute approximate surface area is 173 Å². The van der Waals surface area contributed by atoms with Gasteiger partial charge in [0, 0.05) is 45.4 Å². The van der Waals surface area contributed by atoms with E-state index >= 15 is 0 Å². The van der Waals surface area contributed by atoms with Crippen molar-refractivity contribution in [2.45, 2.75) is 62.9 Å². The molecule has 8 nitrogen and oxygen atoms in total. The van der Waals surface area contributed by atoms with Gasteiger partial charge in [-0.3, -0.25) is 4.79 Å². The minimum absolute atomic E-state index is 0.0497. The highest BCUT2D eigenvalue weighted by molar-refractivity contribution is 7.89. The summed E-state index contributed by atoms with van der Waals surface area (Å²) in [7, 11) is -2.13. The number of piperidine rings is 1. The van der Waals surface area contributed by atoms with E-state index in [1.54, 1.807) is 19.3 Å². The van der Waals surface area contributed by atoms with E-state index in [1.807, 2.05) is 25.7 Å². The smallest absolute Gasteiger partial charge is 0.247 e. The van der Waals surface area contributed by atoms with Crippen LogP contribution in [-0.4, -0.2) is 68.0 Å². The van der Waals surface area contributed by atoms with Gasteiger partial charge in [0.05, 0.1) is 12.1 Å². The fraction of sp³-hybridized carbons (Fsp3) is 0.700. The molecule has 0 saturated carbocycles. The first-order valence-corrected chi connectivity index (χ1v) is 11.5. The maximum Gasteiger partial charge on any atom is 0.247 e. The van der Waals surface area contributed by atoms with Crippen LogP contribution in [0.25, 0.3) is 0 Å². The highest BCUT2D eigenvalue weighted by Crippen LogP contribution is 2.35. The van der Waals surface area contributed by atoms with E-state index in [9.17, 15) is 13.2 Å². The number of sulfonamides is 1. The monoisotopic (exact) mass is 424 g/mol. The minimum Gasteiger partial charge on any atom is -0.379 e. The number of nitrogens with one attached hydrogen (secondary N) is 1. The fourth-order valence-corrected chi connectivity index (χ4v) is 5.83. The summed E-state index contributed by atoms with van der Waals surface area (Å²) in [5, 5.41) is 3.02. The molecule has 1 atom stereocenters. The second-order valence-corrected chi connectivity index (χ2v) is 10.8. The van der Waals surface area contributed by atoms with Gasteiger partial charge in [-0.05, 0) is 51.7 Å². The van der Waals surface area contributed by atoms with Crippen molar-refractivity contribution in [2.75, 3.05) is 38.3 Å². The lowest BCUT2D eigenvalue weighted by atomic mass is 9.89. The van der Waals surface area contributed by atoms with Crippen LogP contribution in [0.15, 0.2) is 17.2 Å². The molecule has 1 aromatic heterocycles. The van der Waals surface area contributed by atoms with Gasteiger partial charge in [0.1, 0.15) is 10.7 Å². The predicted molar refractivity (Wildman–Crippen MR) is 111 cm³/mol. The van der Waals surface area contributed by atoms with E-state index in [0.717, 1.165) is 18.4 Å². The summed E-state index contributed by atoms with van der Waals surface area (Å²) in [6.45, 7) is 9.51. The van der Waals surface area contributed by atoms with Gasteiger partial charge in [-0.15, -0.1) is 0 Å². The number of carbonyl (C=O) groups is 1. The zero-order valence-corrected chi connectivity index (χ0v) is 18.8. The van der Waals surface area contributed by atoms with Crippen molar-refractivity contribution in [1.82, 2.24) is 14.6 Å². The van der Waals surface area contributed by atoms with Crippen molar-refractivity contribution in [3.8, 4) is 0 Å². The molecule has 1 unspecified atom stereocenters. The molecule has 162 valence electrons. The van der Waals surface area contributed by atoms with Gasteiger partial charge in [-0.1, -0.05) is 0 Å². The second-order valence-electron chi connectivity index (χ2n) is 8.84. The standard InChI is InChI=1S/C20H32N4O4S/c1-15-12-17(29(26,27)23(5)20(4)8-11-28-14-20)18(21-13-15)24-9-6-19(3,7-10-24)22-16(2)25/h12-13H,6-11,14H2,1-5H3,(H,22,25). The van der Waals surface area contributed by atoms with Gasteiger partial charge >= 0.3 is 0 Å². The van der Waals surface area contributed by atoms with Crippen molar-refractivity contribution in [3.63, 3.8) is 0 Å². The molecule has 9 heteroatoms. The number of carbonyl (C=O) groups excluding carboxylic acids is 1. The third kappa shape index (κ3) is 4.41. The van der Waals surface area contributed by atoms with E-state index in [4.69, 9.17) is 4.74 Å². The summed E-state index contributed by atoms with van der Waals surface area (Å²) in [5.74, 6) is 0.432. The van der Waals surface area contributed by atoms with Crippen LogP contribution in [0.3, 0.4) is 0 Å². The van der Waals surface area contributed by atoms with Crippen LogP contribution < -0.4 is 10.2 Å². The van der Waals surface area contributed by atoms with Crippen molar-refractivity contribution in [2.24, 2.45) is 0 Å². The van der Waals surface area contributed by atoms with Gasteiger partial charge in [0.25, 0.3) is 0 Å². The van der Waals surface area contributed by atoms with Crippen molar-refractivity contribution < 1.29 is 17.9 Å². The van der Waals surface area contributed by atoms with Crippen LogP contribution >= 0.6 is 0 Å². The van der Waals surface area contributed by atoms with Crippen molar-refractivity contribution >= 4 is 21.7 Å². The number of nitrogens with zero attached hydrogens (tertiary/aromatic N) is 3. The summed E-state index contributed by atoms with van der Waals surface area (Å²) in [4.78, 5) is 18.2. The van der Waals surface area contributed by atoms with Crippen LogP contribution in [-0.2, 0) is 19.6 Å². The summed E-state index contributed by atoms with van der Waals surface area (Å²) in [6.07, 6.45) is 3.82. The molecule has 1 aromatic rings. The molecule has 0 spiro atoms. The number of likely N-dealkylation sites (N-methyl/N-ethyl adjacent to an activating group) is 1. The third-order valence-electron chi connectivity index (χ3n) is 6.21. The Morgan fingerprint density at radius 3 is 2.48 bits per heavy atom. The molecule has 0 aliphatic carbocycles. The van der Waals surface area contributed by atoms with Gasteiger partial charge in [-0.25, -0.2) is 13.4 Å². The second kappa shape index (κ2) is 7.85. The van der Waals surface area contributed by atoms with Gasteiger partial charge in [0.2, 0.25) is 15.9 Å². The van der Waals surface area contributed by atoms with Crippen molar-refractivity contribution in [3.05, 3.63) is 17.8 Å². The normalized spacial score (nSPS) is 24.7. The van der Waals surface area contributed by atoms with Crippen molar-refractivity contribution in [1.29, 1.82) is 0 Å². The number of pyridine rings is 1. The highest BCUT2D eigenvalue weighted by atomic mass is 32.2. The molecule has 3 heterocycles. The maximum absolute atomic E-state index is 13.6. The number of rotatable bonds is 5. The van der Waals surface area contributed by atoms with Crippen LogP contribution in [0.5, 0.6) is 0 Å². The summed E-state index contributed by atoms with van der Waals surface area (Å²) in [5.41, 5.74) is -0.0443. The van der Waals surface area contributed by atoms with E-state index in [2.05, 4.69) is 10.3 Å². The molecule has 2 aliphatic heterocycles.